The van der Waals surface area contributed by atoms with E-state index in [1.165, 1.54) is 7.11 Å². The molecule has 0 aliphatic carbocycles. The zero-order valence-electron chi connectivity index (χ0n) is 19.2. The molecule has 0 N–H and O–H groups in total. The molecule has 2 heterocycles. The van der Waals surface area contributed by atoms with Gasteiger partial charge < -0.3 is 19.3 Å². The van der Waals surface area contributed by atoms with Gasteiger partial charge >= 0.3 is 5.97 Å². The molecule has 2 aliphatic heterocycles. The SMILES string of the molecule is COC(=O)CCC(=O)N1CCC2(CC1)CN(C(C)=O)c1ccc(OCc3ccccc3)cc12. The molecule has 0 saturated carbocycles. The fraction of sp³-hybridized carbons (Fsp3) is 0.423. The van der Waals surface area contributed by atoms with Crippen LogP contribution >= 0.6 is 0 Å². The maximum atomic E-state index is 12.5. The van der Waals surface area contributed by atoms with E-state index < -0.39 is 0 Å². The van der Waals surface area contributed by atoms with Gasteiger partial charge in [0.05, 0.1) is 13.5 Å². The van der Waals surface area contributed by atoms with Gasteiger partial charge in [-0.2, -0.15) is 0 Å². The molecule has 1 spiro atoms. The Morgan fingerprint density at radius 3 is 2.39 bits per heavy atom. The Hall–Kier alpha value is -3.35. The number of hydrogen-bond donors (Lipinski definition) is 0. The van der Waals surface area contributed by atoms with E-state index in [1.54, 1.807) is 6.92 Å². The van der Waals surface area contributed by atoms with Crippen molar-refractivity contribution in [3.8, 4) is 5.75 Å². The summed E-state index contributed by atoms with van der Waals surface area (Å²) < 4.78 is 10.7. The van der Waals surface area contributed by atoms with E-state index in [4.69, 9.17) is 4.74 Å². The van der Waals surface area contributed by atoms with Crippen molar-refractivity contribution in [1.82, 2.24) is 4.90 Å². The Morgan fingerprint density at radius 2 is 1.73 bits per heavy atom. The van der Waals surface area contributed by atoms with Crippen molar-refractivity contribution in [2.45, 2.75) is 44.6 Å². The quantitative estimate of drug-likeness (QED) is 0.630. The van der Waals surface area contributed by atoms with Gasteiger partial charge in [0.25, 0.3) is 0 Å². The number of hydrogen-bond acceptors (Lipinski definition) is 5. The van der Waals surface area contributed by atoms with E-state index in [0.29, 0.717) is 26.2 Å². The number of methoxy groups -OCH3 is 1. The van der Waals surface area contributed by atoms with Crippen molar-refractivity contribution < 1.29 is 23.9 Å². The molecular formula is C26H30N2O5. The number of piperidine rings is 1. The molecule has 174 valence electrons. The maximum Gasteiger partial charge on any atom is 0.306 e. The summed E-state index contributed by atoms with van der Waals surface area (Å²) in [4.78, 5) is 39.9. The van der Waals surface area contributed by atoms with Crippen molar-refractivity contribution in [1.29, 1.82) is 0 Å². The molecule has 1 saturated heterocycles. The highest BCUT2D eigenvalue weighted by molar-refractivity contribution is 5.95. The molecule has 7 heteroatoms. The summed E-state index contributed by atoms with van der Waals surface area (Å²) in [7, 11) is 1.33. The predicted octanol–water partition coefficient (Wildman–Crippen LogP) is 3.45. The molecule has 2 aliphatic rings. The fourth-order valence-electron chi connectivity index (χ4n) is 4.84. The minimum absolute atomic E-state index is 0.0164. The first-order valence-electron chi connectivity index (χ1n) is 11.4. The van der Waals surface area contributed by atoms with E-state index in [-0.39, 0.29) is 36.0 Å². The monoisotopic (exact) mass is 450 g/mol. The third-order valence-corrected chi connectivity index (χ3v) is 6.76. The number of carbonyl (C=O) groups is 3. The molecule has 2 aromatic rings. The number of fused-ring (bicyclic) bond motifs is 2. The Balaban J connectivity index is 1.49. The Morgan fingerprint density at radius 1 is 1.00 bits per heavy atom. The van der Waals surface area contributed by atoms with Crippen LogP contribution in [0.3, 0.4) is 0 Å². The first kappa shape index (κ1) is 22.8. The molecule has 0 bridgehead atoms. The Kier molecular flexibility index (Phi) is 6.67. The highest BCUT2D eigenvalue weighted by Gasteiger charge is 2.46. The zero-order valence-corrected chi connectivity index (χ0v) is 19.2. The van der Waals surface area contributed by atoms with E-state index in [0.717, 1.165) is 35.4 Å². The highest BCUT2D eigenvalue weighted by Crippen LogP contribution is 2.48. The van der Waals surface area contributed by atoms with E-state index in [1.807, 2.05) is 52.3 Å². The lowest BCUT2D eigenvalue weighted by Gasteiger charge is -2.40. The fourth-order valence-corrected chi connectivity index (χ4v) is 4.84. The van der Waals surface area contributed by atoms with Gasteiger partial charge in [-0.15, -0.1) is 0 Å². The summed E-state index contributed by atoms with van der Waals surface area (Å²) in [6.07, 6.45) is 1.78. The average Bonchev–Trinajstić information content (AvgIpc) is 3.15. The second kappa shape index (κ2) is 9.65. The molecule has 2 aromatic carbocycles. The largest absolute Gasteiger partial charge is 0.489 e. The van der Waals surface area contributed by atoms with Gasteiger partial charge in [-0.25, -0.2) is 0 Å². The van der Waals surface area contributed by atoms with Gasteiger partial charge in [0.15, 0.2) is 0 Å². The molecule has 7 nitrogen and oxygen atoms in total. The lowest BCUT2D eigenvalue weighted by atomic mass is 9.74. The number of likely N-dealkylation sites (tertiary alicyclic amines) is 1. The smallest absolute Gasteiger partial charge is 0.306 e. The molecule has 0 aromatic heterocycles. The van der Waals surface area contributed by atoms with Gasteiger partial charge in [-0.3, -0.25) is 14.4 Å². The first-order valence-corrected chi connectivity index (χ1v) is 11.4. The molecule has 2 amide bonds. The Labute approximate surface area is 194 Å². The molecule has 4 rings (SSSR count). The first-order chi connectivity index (χ1) is 15.9. The van der Waals surface area contributed by atoms with Crippen LogP contribution in [0, 0.1) is 0 Å². The summed E-state index contributed by atoms with van der Waals surface area (Å²) in [6.45, 7) is 3.88. The van der Waals surface area contributed by atoms with Gasteiger partial charge in [-0.05, 0) is 42.2 Å². The summed E-state index contributed by atoms with van der Waals surface area (Å²) >= 11 is 0. The minimum atomic E-state index is -0.373. The van der Waals surface area contributed by atoms with Crippen LogP contribution in [-0.4, -0.2) is 49.4 Å². The number of esters is 1. The van der Waals surface area contributed by atoms with Crippen LogP contribution < -0.4 is 9.64 Å². The number of nitrogens with zero attached hydrogens (tertiary/aromatic N) is 2. The topological polar surface area (TPSA) is 76.2 Å². The van der Waals surface area contributed by atoms with Crippen LogP contribution in [0.1, 0.15) is 43.7 Å². The number of anilines is 1. The number of ether oxygens (including phenoxy) is 2. The molecule has 0 radical (unpaired) electrons. The molecule has 33 heavy (non-hydrogen) atoms. The normalized spacial score (nSPS) is 16.4. The van der Waals surface area contributed by atoms with E-state index in [9.17, 15) is 14.4 Å². The summed E-state index contributed by atoms with van der Waals surface area (Å²) in [5.41, 5.74) is 2.94. The van der Waals surface area contributed by atoms with Gasteiger partial charge in [0.1, 0.15) is 12.4 Å². The summed E-state index contributed by atoms with van der Waals surface area (Å²) in [6, 6.07) is 16.0. The van der Waals surface area contributed by atoms with Crippen LogP contribution in [-0.2, 0) is 31.1 Å². The number of rotatable bonds is 6. The van der Waals surface area contributed by atoms with Crippen molar-refractivity contribution in [3.05, 3.63) is 59.7 Å². The minimum Gasteiger partial charge on any atom is -0.489 e. The van der Waals surface area contributed by atoms with Gasteiger partial charge in [0, 0.05) is 44.1 Å². The summed E-state index contributed by atoms with van der Waals surface area (Å²) in [5, 5.41) is 0. The number of benzene rings is 2. The lowest BCUT2D eigenvalue weighted by molar-refractivity contribution is -0.144. The molecule has 0 atom stereocenters. The van der Waals surface area contributed by atoms with E-state index in [2.05, 4.69) is 10.8 Å². The standard InChI is InChI=1S/C26H30N2O5/c1-19(29)28-18-26(12-14-27(15-13-26)24(30)10-11-25(31)32-2)22-16-21(8-9-23(22)28)33-17-20-6-4-3-5-7-20/h3-9,16H,10-15,17-18H2,1-2H3. The van der Waals surface area contributed by atoms with Crippen molar-refractivity contribution in [2.24, 2.45) is 0 Å². The Bertz CT molecular complexity index is 1030. The van der Waals surface area contributed by atoms with Gasteiger partial charge in [-0.1, -0.05) is 30.3 Å². The van der Waals surface area contributed by atoms with Crippen molar-refractivity contribution in [3.63, 3.8) is 0 Å². The van der Waals surface area contributed by atoms with Crippen LogP contribution in [0.4, 0.5) is 5.69 Å². The molecule has 0 unspecified atom stereocenters. The van der Waals surface area contributed by atoms with Crippen LogP contribution in [0.2, 0.25) is 0 Å². The van der Waals surface area contributed by atoms with Crippen LogP contribution in [0.25, 0.3) is 0 Å². The lowest BCUT2D eigenvalue weighted by Crippen LogP contribution is -2.47. The number of amides is 2. The van der Waals surface area contributed by atoms with Crippen molar-refractivity contribution in [2.75, 3.05) is 31.6 Å². The highest BCUT2D eigenvalue weighted by atomic mass is 16.5. The van der Waals surface area contributed by atoms with Gasteiger partial charge in [0.2, 0.25) is 11.8 Å². The van der Waals surface area contributed by atoms with Crippen LogP contribution in [0.5, 0.6) is 5.75 Å². The third kappa shape index (κ3) is 4.87. The zero-order chi connectivity index (χ0) is 23.4. The maximum absolute atomic E-state index is 12.5. The second-order valence-corrected chi connectivity index (χ2v) is 8.80. The molecular weight excluding hydrogens is 420 g/mol. The molecule has 1 fully saturated rings. The van der Waals surface area contributed by atoms with Crippen molar-refractivity contribution >= 4 is 23.5 Å². The second-order valence-electron chi connectivity index (χ2n) is 8.80. The third-order valence-electron chi connectivity index (χ3n) is 6.76. The average molecular weight is 451 g/mol. The summed E-state index contributed by atoms with van der Waals surface area (Å²) in [5.74, 6) is 0.389. The van der Waals surface area contributed by atoms with Crippen LogP contribution in [0.15, 0.2) is 48.5 Å². The van der Waals surface area contributed by atoms with E-state index >= 15 is 0 Å². The number of carbonyl (C=O) groups excluding carboxylic acids is 3. The predicted molar refractivity (Wildman–Crippen MR) is 124 cm³/mol.